The summed E-state index contributed by atoms with van der Waals surface area (Å²) in [7, 11) is 4.28. The van der Waals surface area contributed by atoms with Crippen LogP contribution in [-0.4, -0.2) is 17.7 Å². The molecule has 0 radical (unpaired) electrons. The van der Waals surface area contributed by atoms with Crippen LogP contribution in [0.15, 0.2) is 18.2 Å². The third-order valence-corrected chi connectivity index (χ3v) is 5.89. The largest absolute Gasteiger partial charge is 0.508 e. The molecule has 0 spiro atoms. The van der Waals surface area contributed by atoms with Crippen LogP contribution in [0.3, 0.4) is 0 Å². The number of phenols is 1. The Hall–Kier alpha value is -1.02. The quantitative estimate of drug-likeness (QED) is 0.668. The highest BCUT2D eigenvalue weighted by atomic mass is 16.3. The summed E-state index contributed by atoms with van der Waals surface area (Å²) in [6.45, 7) is 8.23. The maximum atomic E-state index is 10.2. The molecule has 18 heavy (non-hydrogen) atoms. The molecular weight excluding hydrogens is 222 g/mol. The van der Waals surface area contributed by atoms with Crippen molar-refractivity contribution in [3.05, 3.63) is 36.4 Å². The fourth-order valence-corrected chi connectivity index (χ4v) is 4.19. The number of nitrogens with one attached hydrogen (secondary N) is 1. The maximum absolute atomic E-state index is 10.2. The SMILES string of the molecule is [CH2-][NH+]1CCC2(C)c3cccc(O)c3CC1C2(C)C. The van der Waals surface area contributed by atoms with E-state index in [1.807, 2.05) is 12.1 Å². The number of likely N-dealkylation sites (tertiary alicyclic amines) is 1. The third kappa shape index (κ3) is 1.27. The van der Waals surface area contributed by atoms with E-state index < -0.39 is 0 Å². The molecule has 0 amide bonds. The second kappa shape index (κ2) is 3.51. The summed E-state index contributed by atoms with van der Waals surface area (Å²) in [5, 5.41) is 10.2. The van der Waals surface area contributed by atoms with Crippen LogP contribution in [0.4, 0.5) is 0 Å². The first-order chi connectivity index (χ1) is 8.38. The minimum Gasteiger partial charge on any atom is -0.508 e. The van der Waals surface area contributed by atoms with Crippen molar-refractivity contribution in [3.8, 4) is 5.75 Å². The van der Waals surface area contributed by atoms with Crippen LogP contribution >= 0.6 is 0 Å². The van der Waals surface area contributed by atoms with E-state index in [9.17, 15) is 5.11 Å². The molecule has 2 aliphatic rings. The molecule has 1 saturated heterocycles. The van der Waals surface area contributed by atoms with Gasteiger partial charge >= 0.3 is 0 Å². The fourth-order valence-electron chi connectivity index (χ4n) is 4.19. The van der Waals surface area contributed by atoms with Crippen molar-refractivity contribution in [2.24, 2.45) is 5.41 Å². The monoisotopic (exact) mass is 245 g/mol. The van der Waals surface area contributed by atoms with Gasteiger partial charge < -0.3 is 10.0 Å². The highest BCUT2D eigenvalue weighted by Gasteiger charge is 2.56. The number of hydrogen-bond donors (Lipinski definition) is 2. The van der Waals surface area contributed by atoms with Crippen LogP contribution in [-0.2, 0) is 11.8 Å². The molecule has 1 aromatic carbocycles. The van der Waals surface area contributed by atoms with Crippen LogP contribution in [0.1, 0.15) is 38.3 Å². The van der Waals surface area contributed by atoms with Gasteiger partial charge in [-0.25, -0.2) is 0 Å². The lowest BCUT2D eigenvalue weighted by molar-refractivity contribution is -0.899. The molecule has 1 aliphatic carbocycles. The standard InChI is InChI=1S/C16H23NO/c1-15(2)14-10-11-12(6-5-7-13(11)18)16(15,3)8-9-17(14)4/h5-7,14,17-18H,4,8-10H2,1-3H3. The average molecular weight is 245 g/mol. The van der Waals surface area contributed by atoms with E-state index in [-0.39, 0.29) is 10.8 Å². The number of hydrogen-bond acceptors (Lipinski definition) is 1. The Balaban J connectivity index is 2.25. The normalized spacial score (nSPS) is 37.1. The lowest BCUT2D eigenvalue weighted by Crippen LogP contribution is -3.15. The van der Waals surface area contributed by atoms with Crippen molar-refractivity contribution in [2.45, 2.75) is 45.1 Å². The summed E-state index contributed by atoms with van der Waals surface area (Å²) in [4.78, 5) is 1.37. The van der Waals surface area contributed by atoms with Crippen molar-refractivity contribution in [1.29, 1.82) is 0 Å². The van der Waals surface area contributed by atoms with Gasteiger partial charge in [-0.2, -0.15) is 7.05 Å². The minimum absolute atomic E-state index is 0.158. The molecule has 2 bridgehead atoms. The summed E-state index contributed by atoms with van der Waals surface area (Å²) < 4.78 is 0. The Labute approximate surface area is 110 Å². The molecule has 1 heterocycles. The summed E-state index contributed by atoms with van der Waals surface area (Å²) in [5.74, 6) is 0.467. The van der Waals surface area contributed by atoms with Crippen LogP contribution < -0.4 is 4.90 Å². The third-order valence-electron chi connectivity index (χ3n) is 5.89. The molecular formula is C16H23NO. The van der Waals surface area contributed by atoms with E-state index in [1.165, 1.54) is 10.5 Å². The Bertz CT molecular complexity index is 494. The van der Waals surface area contributed by atoms with Gasteiger partial charge in [0.15, 0.2) is 0 Å². The van der Waals surface area contributed by atoms with E-state index >= 15 is 0 Å². The second-order valence-electron chi connectivity index (χ2n) is 6.77. The van der Waals surface area contributed by atoms with Crippen molar-refractivity contribution in [3.63, 3.8) is 0 Å². The van der Waals surface area contributed by atoms with Crippen molar-refractivity contribution < 1.29 is 10.0 Å². The number of piperidine rings is 1. The highest BCUT2D eigenvalue weighted by Crippen LogP contribution is 2.53. The van der Waals surface area contributed by atoms with Crippen LogP contribution in [0.5, 0.6) is 5.75 Å². The smallest absolute Gasteiger partial charge is 0.119 e. The van der Waals surface area contributed by atoms with E-state index in [0.717, 1.165) is 24.9 Å². The summed E-state index contributed by atoms with van der Waals surface area (Å²) in [6.07, 6.45) is 2.09. The summed E-state index contributed by atoms with van der Waals surface area (Å²) in [5.41, 5.74) is 2.90. The summed E-state index contributed by atoms with van der Waals surface area (Å²) in [6, 6.07) is 6.51. The molecule has 1 aliphatic heterocycles. The fraction of sp³-hybridized carbons (Fsp3) is 0.562. The van der Waals surface area contributed by atoms with E-state index in [2.05, 4.69) is 33.9 Å². The topological polar surface area (TPSA) is 24.7 Å². The average Bonchev–Trinajstić information content (AvgIpc) is 2.30. The Kier molecular flexibility index (Phi) is 2.34. The van der Waals surface area contributed by atoms with Gasteiger partial charge in [0.05, 0.1) is 12.6 Å². The predicted octanol–water partition coefficient (Wildman–Crippen LogP) is 1.68. The molecule has 3 atom stereocenters. The number of aromatic hydroxyl groups is 1. The number of quaternary nitrogens is 1. The molecule has 3 unspecified atom stereocenters. The predicted molar refractivity (Wildman–Crippen MR) is 72.5 cm³/mol. The minimum atomic E-state index is 0.158. The first-order valence-corrected chi connectivity index (χ1v) is 6.87. The van der Waals surface area contributed by atoms with E-state index in [4.69, 9.17) is 0 Å². The Morgan fingerprint density at radius 2 is 2.06 bits per heavy atom. The lowest BCUT2D eigenvalue weighted by atomic mass is 9.51. The van der Waals surface area contributed by atoms with Gasteiger partial charge in [-0.15, -0.1) is 0 Å². The number of rotatable bonds is 0. The van der Waals surface area contributed by atoms with Crippen LogP contribution in [0, 0.1) is 12.5 Å². The maximum Gasteiger partial charge on any atom is 0.119 e. The lowest BCUT2D eigenvalue weighted by Gasteiger charge is -2.60. The van der Waals surface area contributed by atoms with E-state index in [0.29, 0.717) is 11.8 Å². The second-order valence-corrected chi connectivity index (χ2v) is 6.77. The van der Waals surface area contributed by atoms with Gasteiger partial charge in [0.2, 0.25) is 0 Å². The zero-order chi connectivity index (χ0) is 13.1. The van der Waals surface area contributed by atoms with Gasteiger partial charge in [-0.1, -0.05) is 32.9 Å². The molecule has 0 saturated carbocycles. The molecule has 3 rings (SSSR count). The summed E-state index contributed by atoms with van der Waals surface area (Å²) >= 11 is 0. The molecule has 2 N–H and O–H groups in total. The zero-order valence-electron chi connectivity index (χ0n) is 11.6. The van der Waals surface area contributed by atoms with Crippen molar-refractivity contribution in [2.75, 3.05) is 6.54 Å². The first-order valence-electron chi connectivity index (χ1n) is 6.87. The Morgan fingerprint density at radius 1 is 1.33 bits per heavy atom. The highest BCUT2D eigenvalue weighted by molar-refractivity contribution is 5.47. The van der Waals surface area contributed by atoms with Crippen molar-refractivity contribution in [1.82, 2.24) is 0 Å². The first kappa shape index (κ1) is 12.0. The van der Waals surface area contributed by atoms with Gasteiger partial charge in [-0.3, -0.25) is 0 Å². The molecule has 1 aromatic rings. The molecule has 98 valence electrons. The van der Waals surface area contributed by atoms with Crippen LogP contribution in [0.2, 0.25) is 0 Å². The number of fused-ring (bicyclic) bond motifs is 4. The number of phenolic OH excluding ortho intramolecular Hbond substituents is 1. The van der Waals surface area contributed by atoms with Gasteiger partial charge in [0, 0.05) is 29.2 Å². The van der Waals surface area contributed by atoms with Crippen molar-refractivity contribution >= 4 is 0 Å². The number of benzene rings is 1. The zero-order valence-corrected chi connectivity index (χ0v) is 11.6. The van der Waals surface area contributed by atoms with Gasteiger partial charge in [-0.05, 0) is 11.6 Å². The molecule has 1 fully saturated rings. The van der Waals surface area contributed by atoms with Gasteiger partial charge in [0.25, 0.3) is 0 Å². The van der Waals surface area contributed by atoms with E-state index in [1.54, 1.807) is 0 Å². The van der Waals surface area contributed by atoms with Gasteiger partial charge in [0.1, 0.15) is 5.75 Å². The van der Waals surface area contributed by atoms with Crippen LogP contribution in [0.25, 0.3) is 0 Å². The molecule has 2 nitrogen and oxygen atoms in total. The molecule has 2 heteroatoms. The molecule has 0 aromatic heterocycles. The Morgan fingerprint density at radius 3 is 2.78 bits per heavy atom.